The molecule has 1 aliphatic heterocycles. The van der Waals surface area contributed by atoms with Gasteiger partial charge in [-0.2, -0.15) is 0 Å². The van der Waals surface area contributed by atoms with Gasteiger partial charge in [0.15, 0.2) is 0 Å². The molecule has 3 aliphatic rings. The average Bonchev–Trinajstić information content (AvgIpc) is 2.77. The first-order valence-corrected chi connectivity index (χ1v) is 12.0. The molecule has 5 nitrogen and oxygen atoms in total. The molecule has 0 aromatic rings. The Morgan fingerprint density at radius 3 is 2.57 bits per heavy atom. The van der Waals surface area contributed by atoms with Crippen LogP contribution in [0.3, 0.4) is 0 Å². The summed E-state index contributed by atoms with van der Waals surface area (Å²) >= 11 is 6.05. The Morgan fingerprint density at radius 1 is 1.23 bits per heavy atom. The van der Waals surface area contributed by atoms with Crippen molar-refractivity contribution >= 4 is 17.5 Å². The lowest BCUT2D eigenvalue weighted by Gasteiger charge is -2.38. The molecule has 0 spiro atoms. The molecule has 3 rings (SSSR count). The van der Waals surface area contributed by atoms with Crippen LogP contribution in [0.1, 0.15) is 58.8 Å². The first kappa shape index (κ1) is 23.5. The van der Waals surface area contributed by atoms with Crippen molar-refractivity contribution in [1.29, 1.82) is 0 Å². The third kappa shape index (κ3) is 6.43. The number of hydrogen-bond donors (Lipinski definition) is 3. The SMILES string of the molecule is CC(C)[C@@H](NCCC1=CCC(NO)CC1)C(=O)N1CCC(C2C=CC(Cl)=CC2)CC1. The van der Waals surface area contributed by atoms with Crippen LogP contribution in [0.15, 0.2) is 34.9 Å². The predicted octanol–water partition coefficient (Wildman–Crippen LogP) is 4.39. The summed E-state index contributed by atoms with van der Waals surface area (Å²) < 4.78 is 0. The summed E-state index contributed by atoms with van der Waals surface area (Å²) in [5, 5.41) is 13.4. The molecule has 0 saturated carbocycles. The van der Waals surface area contributed by atoms with Gasteiger partial charge in [-0.15, -0.1) is 0 Å². The molecule has 2 aliphatic carbocycles. The average molecular weight is 436 g/mol. The Bertz CT molecular complexity index is 665. The molecule has 168 valence electrons. The maximum absolute atomic E-state index is 13.2. The Balaban J connectivity index is 1.44. The number of nitrogens with one attached hydrogen (secondary N) is 2. The molecule has 3 N–H and O–H groups in total. The maximum Gasteiger partial charge on any atom is 0.239 e. The highest BCUT2D eigenvalue weighted by molar-refractivity contribution is 6.31. The smallest absolute Gasteiger partial charge is 0.239 e. The number of hydroxylamine groups is 1. The van der Waals surface area contributed by atoms with Gasteiger partial charge in [0.1, 0.15) is 0 Å². The van der Waals surface area contributed by atoms with Crippen LogP contribution < -0.4 is 10.8 Å². The molecule has 6 heteroatoms. The molecule has 0 bridgehead atoms. The molecule has 1 amide bonds. The van der Waals surface area contributed by atoms with E-state index >= 15 is 0 Å². The van der Waals surface area contributed by atoms with E-state index in [1.807, 2.05) is 6.08 Å². The van der Waals surface area contributed by atoms with Gasteiger partial charge in [-0.1, -0.05) is 49.2 Å². The van der Waals surface area contributed by atoms with Gasteiger partial charge in [-0.25, -0.2) is 5.48 Å². The number of amides is 1. The summed E-state index contributed by atoms with van der Waals surface area (Å²) in [7, 11) is 0. The number of likely N-dealkylation sites (tertiary alicyclic amines) is 1. The minimum atomic E-state index is -0.117. The van der Waals surface area contributed by atoms with E-state index in [1.165, 1.54) is 5.57 Å². The van der Waals surface area contributed by atoms with Crippen LogP contribution in [0.4, 0.5) is 0 Å². The van der Waals surface area contributed by atoms with Crippen LogP contribution in [0.25, 0.3) is 0 Å². The van der Waals surface area contributed by atoms with Crippen LogP contribution in [0, 0.1) is 17.8 Å². The van der Waals surface area contributed by atoms with Crippen LogP contribution in [0.5, 0.6) is 0 Å². The third-order valence-corrected chi connectivity index (χ3v) is 7.26. The molecule has 0 aromatic heterocycles. The van der Waals surface area contributed by atoms with E-state index < -0.39 is 0 Å². The zero-order chi connectivity index (χ0) is 21.5. The lowest BCUT2D eigenvalue weighted by atomic mass is 9.80. The third-order valence-electron chi connectivity index (χ3n) is 6.98. The topological polar surface area (TPSA) is 64.6 Å². The van der Waals surface area contributed by atoms with Gasteiger partial charge >= 0.3 is 0 Å². The number of halogens is 1. The first-order chi connectivity index (χ1) is 14.5. The second-order valence-corrected chi connectivity index (χ2v) is 9.84. The lowest BCUT2D eigenvalue weighted by molar-refractivity contribution is -0.136. The summed E-state index contributed by atoms with van der Waals surface area (Å²) in [6.45, 7) is 6.80. The standard InChI is InChI=1S/C24H38ClN3O2/c1-17(2)23(26-14-11-18-3-9-22(27-30)10-4-18)24(29)28-15-12-20(13-16-28)19-5-7-21(25)8-6-19/h3,5,7-8,17,19-20,22-23,26-27,30H,4,6,9-16H2,1-2H3/t19?,22?,23-/m1/s1. The van der Waals surface area contributed by atoms with Gasteiger partial charge < -0.3 is 15.4 Å². The molecule has 3 atom stereocenters. The second kappa shape index (κ2) is 11.5. The molecule has 1 saturated heterocycles. The van der Waals surface area contributed by atoms with Gasteiger partial charge in [0, 0.05) is 24.2 Å². The van der Waals surface area contributed by atoms with Crippen LogP contribution in [-0.4, -0.2) is 47.7 Å². The molecule has 2 unspecified atom stereocenters. The monoisotopic (exact) mass is 435 g/mol. The molecule has 1 fully saturated rings. The molecular formula is C24H38ClN3O2. The molecular weight excluding hydrogens is 398 g/mol. The molecule has 0 radical (unpaired) electrons. The summed E-state index contributed by atoms with van der Waals surface area (Å²) in [4.78, 5) is 15.3. The van der Waals surface area contributed by atoms with Crippen molar-refractivity contribution in [1.82, 2.24) is 15.7 Å². The van der Waals surface area contributed by atoms with E-state index in [4.69, 9.17) is 16.8 Å². The lowest BCUT2D eigenvalue weighted by Crippen LogP contribution is -2.52. The van der Waals surface area contributed by atoms with E-state index in [9.17, 15) is 4.79 Å². The van der Waals surface area contributed by atoms with E-state index in [-0.39, 0.29) is 23.9 Å². The highest BCUT2D eigenvalue weighted by Gasteiger charge is 2.32. The van der Waals surface area contributed by atoms with Gasteiger partial charge in [-0.3, -0.25) is 4.79 Å². The Labute approximate surface area is 186 Å². The van der Waals surface area contributed by atoms with Gasteiger partial charge in [0.2, 0.25) is 5.91 Å². The van der Waals surface area contributed by atoms with Crippen LogP contribution >= 0.6 is 11.6 Å². The first-order valence-electron chi connectivity index (χ1n) is 11.6. The Kier molecular flexibility index (Phi) is 8.99. The van der Waals surface area contributed by atoms with Crippen molar-refractivity contribution in [2.24, 2.45) is 17.8 Å². The van der Waals surface area contributed by atoms with Crippen molar-refractivity contribution in [3.63, 3.8) is 0 Å². The van der Waals surface area contributed by atoms with Crippen molar-refractivity contribution < 1.29 is 10.0 Å². The fourth-order valence-corrected chi connectivity index (χ4v) is 5.10. The van der Waals surface area contributed by atoms with E-state index in [2.05, 4.69) is 47.8 Å². The maximum atomic E-state index is 13.2. The normalized spacial score (nSPS) is 26.5. The summed E-state index contributed by atoms with van der Waals surface area (Å²) in [6, 6.07) is 0.0700. The number of hydrogen-bond acceptors (Lipinski definition) is 4. The highest BCUT2D eigenvalue weighted by Crippen LogP contribution is 2.32. The number of allylic oxidation sites excluding steroid dienone is 4. The fourth-order valence-electron chi connectivity index (χ4n) is 4.93. The van der Waals surface area contributed by atoms with Gasteiger partial charge in [-0.05, 0) is 75.3 Å². The molecule has 30 heavy (non-hydrogen) atoms. The number of carbonyl (C=O) groups is 1. The minimum absolute atomic E-state index is 0.117. The number of piperidine rings is 1. The second-order valence-electron chi connectivity index (χ2n) is 9.40. The van der Waals surface area contributed by atoms with Gasteiger partial charge in [0.05, 0.1) is 6.04 Å². The fraction of sp³-hybridized carbons (Fsp3) is 0.708. The predicted molar refractivity (Wildman–Crippen MR) is 122 cm³/mol. The minimum Gasteiger partial charge on any atom is -0.341 e. The van der Waals surface area contributed by atoms with Crippen molar-refractivity contribution in [3.05, 3.63) is 34.9 Å². The summed E-state index contributed by atoms with van der Waals surface area (Å²) in [5.74, 6) is 1.74. The van der Waals surface area contributed by atoms with Crippen molar-refractivity contribution in [3.8, 4) is 0 Å². The van der Waals surface area contributed by atoms with E-state index in [1.54, 1.807) is 0 Å². The quantitative estimate of drug-likeness (QED) is 0.391. The summed E-state index contributed by atoms with van der Waals surface area (Å²) in [6.07, 6.45) is 15.6. The Morgan fingerprint density at radius 2 is 2.00 bits per heavy atom. The molecule has 1 heterocycles. The number of carbonyl (C=O) groups excluding carboxylic acids is 1. The zero-order valence-electron chi connectivity index (χ0n) is 18.4. The zero-order valence-corrected chi connectivity index (χ0v) is 19.2. The molecule has 0 aromatic carbocycles. The highest BCUT2D eigenvalue weighted by atomic mass is 35.5. The number of rotatable bonds is 8. The van der Waals surface area contributed by atoms with E-state index in [0.717, 1.165) is 69.6 Å². The van der Waals surface area contributed by atoms with Crippen molar-refractivity contribution in [2.75, 3.05) is 19.6 Å². The van der Waals surface area contributed by atoms with Gasteiger partial charge in [0.25, 0.3) is 0 Å². The van der Waals surface area contributed by atoms with Crippen LogP contribution in [-0.2, 0) is 4.79 Å². The van der Waals surface area contributed by atoms with Crippen LogP contribution in [0.2, 0.25) is 0 Å². The Hall–Kier alpha value is -1.14. The largest absolute Gasteiger partial charge is 0.341 e. The van der Waals surface area contributed by atoms with E-state index in [0.29, 0.717) is 11.8 Å². The van der Waals surface area contributed by atoms with Crippen molar-refractivity contribution in [2.45, 2.75) is 70.9 Å². The number of nitrogens with zero attached hydrogens (tertiary/aromatic N) is 1. The summed E-state index contributed by atoms with van der Waals surface area (Å²) in [5.41, 5.74) is 3.80.